The van der Waals surface area contributed by atoms with E-state index in [0.29, 0.717) is 6.54 Å². The zero-order chi connectivity index (χ0) is 13.8. The Morgan fingerprint density at radius 2 is 2.00 bits per heavy atom. The zero-order valence-corrected chi connectivity index (χ0v) is 11.6. The number of carbonyl (C=O) groups excluding carboxylic acids is 1. The van der Waals surface area contributed by atoms with Gasteiger partial charge in [-0.05, 0) is 16.3 Å². The number of thiazole rings is 1. The summed E-state index contributed by atoms with van der Waals surface area (Å²) >= 11 is 1.60. The molecule has 2 aromatic carbocycles. The zero-order valence-electron chi connectivity index (χ0n) is 10.7. The molecule has 0 fully saturated rings. The molecule has 3 rings (SSSR count). The molecule has 4 heteroatoms. The monoisotopic (exact) mass is 280 g/mol. The Morgan fingerprint density at radius 1 is 1.15 bits per heavy atom. The number of nitrogens with zero attached hydrogens (tertiary/aromatic N) is 2. The molecule has 0 amide bonds. The van der Waals surface area contributed by atoms with Crippen LogP contribution < -0.4 is 0 Å². The summed E-state index contributed by atoms with van der Waals surface area (Å²) in [5.74, 6) is 0. The van der Waals surface area contributed by atoms with Gasteiger partial charge in [0.2, 0.25) is 6.08 Å². The molecule has 0 aliphatic rings. The van der Waals surface area contributed by atoms with Gasteiger partial charge in [0.1, 0.15) is 0 Å². The molecule has 0 unspecified atom stereocenters. The Labute approximate surface area is 120 Å². The third kappa shape index (κ3) is 2.67. The Kier molecular flexibility index (Phi) is 3.68. The molecule has 0 saturated heterocycles. The first-order valence-corrected chi connectivity index (χ1v) is 7.18. The molecule has 0 radical (unpaired) electrons. The molecule has 0 atom stereocenters. The average molecular weight is 280 g/mol. The van der Waals surface area contributed by atoms with Crippen molar-refractivity contribution >= 4 is 28.2 Å². The Bertz CT molecular complexity index is 783. The van der Waals surface area contributed by atoms with Crippen molar-refractivity contribution in [3.8, 4) is 0 Å². The minimum absolute atomic E-state index is 0.315. The van der Waals surface area contributed by atoms with Crippen LogP contribution in [0.4, 0.5) is 0 Å². The molecule has 1 aromatic heterocycles. The Morgan fingerprint density at radius 3 is 2.90 bits per heavy atom. The lowest BCUT2D eigenvalue weighted by Gasteiger charge is -2.04. The third-order valence-electron chi connectivity index (χ3n) is 3.13. The fraction of sp³-hybridized carbons (Fsp3) is 0.125. The molecule has 0 aliphatic carbocycles. The van der Waals surface area contributed by atoms with Gasteiger partial charge in [-0.3, -0.25) is 0 Å². The number of hydrogen-bond acceptors (Lipinski definition) is 4. The minimum Gasteiger partial charge on any atom is -0.244 e. The highest BCUT2D eigenvalue weighted by Gasteiger charge is 2.05. The summed E-state index contributed by atoms with van der Waals surface area (Å²) in [6, 6.07) is 14.7. The van der Waals surface area contributed by atoms with Gasteiger partial charge in [0.05, 0.1) is 17.2 Å². The number of isocyanates is 1. The first-order chi connectivity index (χ1) is 9.86. The average Bonchev–Trinajstić information content (AvgIpc) is 2.93. The van der Waals surface area contributed by atoms with Crippen LogP contribution in [0.15, 0.2) is 52.8 Å². The van der Waals surface area contributed by atoms with Crippen LogP contribution in [0.1, 0.15) is 16.3 Å². The largest absolute Gasteiger partial charge is 0.244 e. The number of benzene rings is 2. The van der Waals surface area contributed by atoms with Crippen molar-refractivity contribution in [1.82, 2.24) is 4.98 Å². The summed E-state index contributed by atoms with van der Waals surface area (Å²) < 4.78 is 0. The molecule has 3 nitrogen and oxygen atoms in total. The Hall–Kier alpha value is -2.29. The fourth-order valence-electron chi connectivity index (χ4n) is 2.23. The molecule has 0 N–H and O–H groups in total. The molecular formula is C16H12N2OS. The van der Waals surface area contributed by atoms with E-state index in [4.69, 9.17) is 0 Å². The van der Waals surface area contributed by atoms with Crippen molar-refractivity contribution in [1.29, 1.82) is 0 Å². The topological polar surface area (TPSA) is 42.3 Å². The van der Waals surface area contributed by atoms with Crippen molar-refractivity contribution in [3.05, 3.63) is 64.1 Å². The van der Waals surface area contributed by atoms with Gasteiger partial charge >= 0.3 is 0 Å². The quantitative estimate of drug-likeness (QED) is 0.540. The van der Waals surface area contributed by atoms with E-state index in [0.717, 1.165) is 17.1 Å². The molecule has 0 aliphatic heterocycles. The summed E-state index contributed by atoms with van der Waals surface area (Å²) in [5.41, 5.74) is 2.09. The van der Waals surface area contributed by atoms with Crippen molar-refractivity contribution in [3.63, 3.8) is 0 Å². The maximum Gasteiger partial charge on any atom is 0.235 e. The Balaban J connectivity index is 1.89. The van der Waals surface area contributed by atoms with E-state index in [1.807, 2.05) is 11.4 Å². The van der Waals surface area contributed by atoms with Crippen LogP contribution in [0.5, 0.6) is 0 Å². The minimum atomic E-state index is 0.315. The fourth-order valence-corrected chi connectivity index (χ4v) is 3.03. The lowest BCUT2D eigenvalue weighted by Crippen LogP contribution is -1.90. The van der Waals surface area contributed by atoms with Crippen LogP contribution in [0.3, 0.4) is 0 Å². The number of rotatable bonds is 4. The van der Waals surface area contributed by atoms with Crippen LogP contribution in [0, 0.1) is 0 Å². The highest BCUT2D eigenvalue weighted by molar-refractivity contribution is 7.09. The van der Waals surface area contributed by atoms with E-state index in [-0.39, 0.29) is 0 Å². The highest BCUT2D eigenvalue weighted by Crippen LogP contribution is 2.22. The summed E-state index contributed by atoms with van der Waals surface area (Å²) in [4.78, 5) is 18.2. The molecular weight excluding hydrogens is 268 g/mol. The van der Waals surface area contributed by atoms with Crippen molar-refractivity contribution < 1.29 is 4.79 Å². The lowest BCUT2D eigenvalue weighted by molar-refractivity contribution is 0.562. The van der Waals surface area contributed by atoms with Gasteiger partial charge in [-0.1, -0.05) is 42.5 Å². The predicted octanol–water partition coefficient (Wildman–Crippen LogP) is 3.72. The molecule has 0 saturated carbocycles. The SMILES string of the molecule is O=C=NCc1csc(Cc2cccc3ccccc23)n1. The molecule has 3 aromatic rings. The van der Waals surface area contributed by atoms with E-state index >= 15 is 0 Å². The number of aliphatic imine (C=N–C) groups is 1. The highest BCUT2D eigenvalue weighted by atomic mass is 32.1. The van der Waals surface area contributed by atoms with E-state index in [9.17, 15) is 4.79 Å². The van der Waals surface area contributed by atoms with Crippen molar-refractivity contribution in [2.24, 2.45) is 4.99 Å². The summed E-state index contributed by atoms with van der Waals surface area (Å²) in [6.45, 7) is 0.315. The smallest absolute Gasteiger partial charge is 0.235 e. The molecule has 1 heterocycles. The second-order valence-corrected chi connectivity index (χ2v) is 5.40. The van der Waals surface area contributed by atoms with Gasteiger partial charge in [-0.25, -0.2) is 9.78 Å². The second kappa shape index (κ2) is 5.78. The normalized spacial score (nSPS) is 10.4. The predicted molar refractivity (Wildman–Crippen MR) is 80.7 cm³/mol. The molecule has 0 spiro atoms. The van der Waals surface area contributed by atoms with Gasteiger partial charge < -0.3 is 0 Å². The van der Waals surface area contributed by atoms with Gasteiger partial charge in [-0.15, -0.1) is 11.3 Å². The molecule has 20 heavy (non-hydrogen) atoms. The first-order valence-electron chi connectivity index (χ1n) is 6.30. The first kappa shape index (κ1) is 12.7. The van der Waals surface area contributed by atoms with Crippen LogP contribution in [-0.2, 0) is 17.8 Å². The summed E-state index contributed by atoms with van der Waals surface area (Å²) in [7, 11) is 0. The van der Waals surface area contributed by atoms with Crippen molar-refractivity contribution in [2.75, 3.05) is 0 Å². The van der Waals surface area contributed by atoms with Gasteiger partial charge in [-0.2, -0.15) is 4.99 Å². The summed E-state index contributed by atoms with van der Waals surface area (Å²) in [5, 5.41) is 5.49. The third-order valence-corrected chi connectivity index (χ3v) is 4.02. The number of hydrogen-bond donors (Lipinski definition) is 0. The van der Waals surface area contributed by atoms with Crippen LogP contribution in [0.2, 0.25) is 0 Å². The molecule has 0 bridgehead atoms. The van der Waals surface area contributed by atoms with Crippen LogP contribution in [-0.4, -0.2) is 11.1 Å². The van der Waals surface area contributed by atoms with E-state index in [1.54, 1.807) is 11.3 Å². The van der Waals surface area contributed by atoms with Crippen LogP contribution >= 0.6 is 11.3 Å². The molecule has 98 valence electrons. The maximum absolute atomic E-state index is 10.1. The van der Waals surface area contributed by atoms with Crippen molar-refractivity contribution in [2.45, 2.75) is 13.0 Å². The summed E-state index contributed by atoms with van der Waals surface area (Å²) in [6.07, 6.45) is 2.34. The van der Waals surface area contributed by atoms with Gasteiger partial charge in [0.25, 0.3) is 0 Å². The van der Waals surface area contributed by atoms with Gasteiger partial charge in [0.15, 0.2) is 0 Å². The van der Waals surface area contributed by atoms with E-state index in [2.05, 4.69) is 46.4 Å². The van der Waals surface area contributed by atoms with Gasteiger partial charge in [0, 0.05) is 11.8 Å². The van der Waals surface area contributed by atoms with E-state index in [1.165, 1.54) is 22.4 Å². The number of fused-ring (bicyclic) bond motifs is 1. The van der Waals surface area contributed by atoms with E-state index < -0.39 is 0 Å². The maximum atomic E-state index is 10.1. The lowest BCUT2D eigenvalue weighted by atomic mass is 10.0. The standard InChI is InChI=1S/C16H12N2OS/c19-11-17-9-14-10-20-16(18-14)8-13-6-3-5-12-4-1-2-7-15(12)13/h1-7,10H,8-9H2. The van der Waals surface area contributed by atoms with Crippen LogP contribution in [0.25, 0.3) is 10.8 Å². The number of aromatic nitrogens is 1. The second-order valence-electron chi connectivity index (χ2n) is 4.46.